The topological polar surface area (TPSA) is 36.1 Å². The molecule has 3 aromatic rings. The molecule has 0 saturated carbocycles. The van der Waals surface area contributed by atoms with Gasteiger partial charge in [-0.2, -0.15) is 0 Å². The predicted molar refractivity (Wildman–Crippen MR) is 97.8 cm³/mol. The Kier molecular flexibility index (Phi) is 4.26. The van der Waals surface area contributed by atoms with E-state index in [1.165, 1.54) is 4.90 Å². The van der Waals surface area contributed by atoms with E-state index in [0.29, 0.717) is 13.0 Å². The number of carbonyl (C=O) groups excluding carboxylic acids is 1. The van der Waals surface area contributed by atoms with Crippen LogP contribution in [0.25, 0.3) is 16.5 Å². The number of halogens is 3. The molecule has 27 heavy (non-hydrogen) atoms. The lowest BCUT2D eigenvalue weighted by atomic mass is 9.98. The Balaban J connectivity index is 1.59. The van der Waals surface area contributed by atoms with Crippen LogP contribution in [-0.4, -0.2) is 28.9 Å². The molecule has 0 unspecified atom stereocenters. The van der Waals surface area contributed by atoms with Gasteiger partial charge in [-0.05, 0) is 36.6 Å². The van der Waals surface area contributed by atoms with Crippen LogP contribution in [0, 0.1) is 24.4 Å². The molecule has 0 radical (unpaired) electrons. The number of rotatable bonds is 2. The third-order valence-corrected chi connectivity index (χ3v) is 5.03. The lowest BCUT2D eigenvalue weighted by Crippen LogP contribution is -2.35. The van der Waals surface area contributed by atoms with E-state index >= 15 is 0 Å². The highest BCUT2D eigenvalue weighted by atomic mass is 19.2. The summed E-state index contributed by atoms with van der Waals surface area (Å²) in [5.41, 5.74) is 3.96. The summed E-state index contributed by atoms with van der Waals surface area (Å²) in [5.74, 6) is -5.01. The quantitative estimate of drug-likeness (QED) is 0.645. The van der Waals surface area contributed by atoms with Crippen LogP contribution in [0.5, 0.6) is 0 Å². The molecule has 1 aliphatic rings. The summed E-state index contributed by atoms with van der Waals surface area (Å²) in [4.78, 5) is 17.2. The van der Waals surface area contributed by atoms with Crippen molar-refractivity contribution in [1.29, 1.82) is 0 Å². The van der Waals surface area contributed by atoms with Crippen molar-refractivity contribution in [2.75, 3.05) is 13.1 Å². The maximum absolute atomic E-state index is 13.9. The van der Waals surface area contributed by atoms with Crippen LogP contribution in [0.15, 0.2) is 42.6 Å². The maximum atomic E-state index is 13.9. The number of aromatic nitrogens is 1. The van der Waals surface area contributed by atoms with Gasteiger partial charge in [0.2, 0.25) is 0 Å². The molecule has 138 valence electrons. The van der Waals surface area contributed by atoms with Crippen LogP contribution in [-0.2, 0) is 0 Å². The summed E-state index contributed by atoms with van der Waals surface area (Å²) < 4.78 is 40.4. The van der Waals surface area contributed by atoms with E-state index < -0.39 is 28.9 Å². The fraction of sp³-hybridized carbons (Fsp3) is 0.190. The molecular weight excluding hydrogens is 353 g/mol. The molecular formula is C21H17F3N2O. The smallest absolute Gasteiger partial charge is 0.257 e. The zero-order valence-electron chi connectivity index (χ0n) is 14.7. The Morgan fingerprint density at radius 2 is 1.93 bits per heavy atom. The molecule has 3 nitrogen and oxygen atoms in total. The van der Waals surface area contributed by atoms with Gasteiger partial charge in [-0.15, -0.1) is 0 Å². The van der Waals surface area contributed by atoms with Gasteiger partial charge in [0.1, 0.15) is 0 Å². The first-order chi connectivity index (χ1) is 13.0. The van der Waals surface area contributed by atoms with E-state index in [9.17, 15) is 18.0 Å². The largest absolute Gasteiger partial charge is 0.360 e. The number of nitrogens with one attached hydrogen (secondary N) is 1. The monoisotopic (exact) mass is 370 g/mol. The van der Waals surface area contributed by atoms with Crippen molar-refractivity contribution in [3.05, 3.63) is 76.7 Å². The van der Waals surface area contributed by atoms with E-state index in [-0.39, 0.29) is 6.54 Å². The second kappa shape index (κ2) is 6.61. The minimum Gasteiger partial charge on any atom is -0.360 e. The van der Waals surface area contributed by atoms with Crippen LogP contribution in [0.2, 0.25) is 0 Å². The van der Waals surface area contributed by atoms with Crippen molar-refractivity contribution >= 4 is 22.4 Å². The van der Waals surface area contributed by atoms with Crippen molar-refractivity contribution in [1.82, 2.24) is 9.88 Å². The van der Waals surface area contributed by atoms with Gasteiger partial charge in [-0.1, -0.05) is 24.3 Å². The molecule has 2 heterocycles. The number of aryl methyl sites for hydroxylation is 1. The molecule has 0 saturated heterocycles. The normalized spacial score (nSPS) is 14.5. The molecule has 0 atom stereocenters. The minimum absolute atomic E-state index is 0.283. The van der Waals surface area contributed by atoms with Crippen molar-refractivity contribution in [3.63, 3.8) is 0 Å². The molecule has 0 aliphatic carbocycles. The SMILES string of the molecule is Cc1cccc2c(C3=CCN(C(=O)c4ccc(F)c(F)c4F)CC3)c[nH]c12. The molecule has 0 bridgehead atoms. The summed E-state index contributed by atoms with van der Waals surface area (Å²) in [7, 11) is 0. The number of H-pyrrole nitrogens is 1. The first-order valence-electron chi connectivity index (χ1n) is 8.66. The van der Waals surface area contributed by atoms with Gasteiger partial charge in [0, 0.05) is 35.8 Å². The summed E-state index contributed by atoms with van der Waals surface area (Å²) in [6.45, 7) is 2.70. The van der Waals surface area contributed by atoms with Crippen LogP contribution in [0.1, 0.15) is 27.9 Å². The third kappa shape index (κ3) is 2.91. The number of hydrogen-bond acceptors (Lipinski definition) is 1. The highest BCUT2D eigenvalue weighted by molar-refractivity contribution is 5.97. The van der Waals surface area contributed by atoms with Crippen LogP contribution in [0.3, 0.4) is 0 Å². The summed E-state index contributed by atoms with van der Waals surface area (Å²) in [6.07, 6.45) is 4.47. The van der Waals surface area contributed by atoms with Crippen molar-refractivity contribution in [2.24, 2.45) is 0 Å². The molecule has 4 rings (SSSR count). The lowest BCUT2D eigenvalue weighted by molar-refractivity contribution is 0.0767. The number of para-hydroxylation sites is 1. The third-order valence-electron chi connectivity index (χ3n) is 5.03. The van der Waals surface area contributed by atoms with E-state index in [2.05, 4.69) is 4.98 Å². The average molecular weight is 370 g/mol. The van der Waals surface area contributed by atoms with Crippen LogP contribution in [0.4, 0.5) is 13.2 Å². The second-order valence-electron chi connectivity index (χ2n) is 6.65. The molecule has 0 spiro atoms. The fourth-order valence-electron chi connectivity index (χ4n) is 3.53. The lowest BCUT2D eigenvalue weighted by Gasteiger charge is -2.26. The number of nitrogens with zero attached hydrogens (tertiary/aromatic N) is 1. The Morgan fingerprint density at radius 1 is 1.11 bits per heavy atom. The minimum atomic E-state index is -1.62. The fourth-order valence-corrected chi connectivity index (χ4v) is 3.53. The number of aromatic amines is 1. The van der Waals surface area contributed by atoms with Gasteiger partial charge in [0.15, 0.2) is 17.5 Å². The van der Waals surface area contributed by atoms with Gasteiger partial charge >= 0.3 is 0 Å². The standard InChI is InChI=1S/C21H17F3N2O/c1-12-3-2-4-14-16(11-25-20(12)14)13-7-9-26(10-8-13)21(27)15-5-6-17(22)19(24)18(15)23/h2-7,11,25H,8-10H2,1H3. The number of amides is 1. The molecule has 2 aromatic carbocycles. The summed E-state index contributed by atoms with van der Waals surface area (Å²) in [6, 6.07) is 7.83. The Morgan fingerprint density at radius 3 is 2.67 bits per heavy atom. The summed E-state index contributed by atoms with van der Waals surface area (Å²) >= 11 is 0. The number of benzene rings is 2. The first-order valence-corrected chi connectivity index (χ1v) is 8.66. The van der Waals surface area contributed by atoms with Gasteiger partial charge in [0.05, 0.1) is 5.56 Å². The van der Waals surface area contributed by atoms with E-state index in [0.717, 1.165) is 39.7 Å². The molecule has 1 aromatic heterocycles. The zero-order chi connectivity index (χ0) is 19.1. The highest BCUT2D eigenvalue weighted by Gasteiger charge is 2.25. The Labute approximate surface area is 154 Å². The van der Waals surface area contributed by atoms with Crippen molar-refractivity contribution < 1.29 is 18.0 Å². The predicted octanol–water partition coefficient (Wildman–Crippen LogP) is 4.82. The van der Waals surface area contributed by atoms with E-state index in [1.54, 1.807) is 0 Å². The number of fused-ring (bicyclic) bond motifs is 1. The summed E-state index contributed by atoms with van der Waals surface area (Å²) in [5, 5.41) is 1.12. The second-order valence-corrected chi connectivity index (χ2v) is 6.65. The first kappa shape index (κ1) is 17.4. The van der Waals surface area contributed by atoms with Crippen molar-refractivity contribution in [2.45, 2.75) is 13.3 Å². The van der Waals surface area contributed by atoms with E-state index in [1.807, 2.05) is 37.4 Å². The molecule has 1 N–H and O–H groups in total. The van der Waals surface area contributed by atoms with Crippen molar-refractivity contribution in [3.8, 4) is 0 Å². The van der Waals surface area contributed by atoms with Gasteiger partial charge in [-0.3, -0.25) is 4.79 Å². The molecule has 6 heteroatoms. The van der Waals surface area contributed by atoms with E-state index in [4.69, 9.17) is 0 Å². The molecule has 0 fully saturated rings. The maximum Gasteiger partial charge on any atom is 0.257 e. The molecule has 1 aliphatic heterocycles. The van der Waals surface area contributed by atoms with Gasteiger partial charge in [-0.25, -0.2) is 13.2 Å². The Bertz CT molecular complexity index is 1080. The zero-order valence-corrected chi connectivity index (χ0v) is 14.7. The number of carbonyl (C=O) groups is 1. The van der Waals surface area contributed by atoms with Crippen LogP contribution < -0.4 is 0 Å². The number of hydrogen-bond donors (Lipinski definition) is 1. The molecule has 1 amide bonds. The highest BCUT2D eigenvalue weighted by Crippen LogP contribution is 2.31. The van der Waals surface area contributed by atoms with Crippen LogP contribution >= 0.6 is 0 Å². The van der Waals surface area contributed by atoms with Gasteiger partial charge < -0.3 is 9.88 Å². The average Bonchev–Trinajstić information content (AvgIpc) is 3.11. The Hall–Kier alpha value is -3.02. The van der Waals surface area contributed by atoms with Gasteiger partial charge in [0.25, 0.3) is 5.91 Å².